The van der Waals surface area contributed by atoms with Crippen molar-refractivity contribution >= 4 is 23.1 Å². The van der Waals surface area contributed by atoms with E-state index in [-0.39, 0.29) is 0 Å². The van der Waals surface area contributed by atoms with E-state index in [9.17, 15) is 0 Å². The van der Waals surface area contributed by atoms with Crippen LogP contribution in [0.1, 0.15) is 59.7 Å². The second-order valence-corrected chi connectivity index (χ2v) is 3.20. The van der Waals surface area contributed by atoms with Crippen LogP contribution in [-0.2, 0) is 0 Å². The summed E-state index contributed by atoms with van der Waals surface area (Å²) < 4.78 is 0. The molecule has 0 radical (unpaired) electrons. The average molecular weight is 273 g/mol. The van der Waals surface area contributed by atoms with Crippen LogP contribution in [0.4, 0.5) is 0 Å². The molecular formula is C19H31N. The van der Waals surface area contributed by atoms with Crippen LogP contribution in [0, 0.1) is 0 Å². The number of aromatic nitrogens is 1. The molecular weight excluding hydrogens is 242 g/mol. The Morgan fingerprint density at radius 3 is 2.00 bits per heavy atom. The van der Waals surface area contributed by atoms with Crippen molar-refractivity contribution in [1.82, 2.24) is 4.98 Å². The molecule has 0 fully saturated rings. The number of nitrogens with one attached hydrogen (secondary N) is 1. The molecule has 0 bridgehead atoms. The SMILES string of the molecule is C=Cc1c(/C=C\C)[nH]c2ccccc12.CC.CC.CC. The normalized spacial score (nSPS) is 8.75. The lowest BCUT2D eigenvalue weighted by Gasteiger charge is -1.91. The molecule has 0 aliphatic carbocycles. The standard InChI is InChI=1S/C13H13N.3C2H6/c1-3-7-12-10(4-2)11-8-5-6-9-13(11)14-12;3*1-2/h3-9,14H,2H2,1H3;3*1-2H3/b7-3-;;;. The predicted molar refractivity (Wildman–Crippen MR) is 97.1 cm³/mol. The van der Waals surface area contributed by atoms with Crippen LogP contribution in [0.5, 0.6) is 0 Å². The van der Waals surface area contributed by atoms with Gasteiger partial charge in [0.15, 0.2) is 0 Å². The zero-order chi connectivity index (χ0) is 16.0. The van der Waals surface area contributed by atoms with Gasteiger partial charge in [0.1, 0.15) is 0 Å². The number of hydrogen-bond acceptors (Lipinski definition) is 0. The summed E-state index contributed by atoms with van der Waals surface area (Å²) in [5.41, 5.74) is 3.47. The summed E-state index contributed by atoms with van der Waals surface area (Å²) in [4.78, 5) is 3.36. The summed E-state index contributed by atoms with van der Waals surface area (Å²) in [6.07, 6.45) is 5.99. The fourth-order valence-electron chi connectivity index (χ4n) is 1.70. The average Bonchev–Trinajstić information content (AvgIpc) is 2.91. The first-order valence-electron chi connectivity index (χ1n) is 7.72. The second kappa shape index (κ2) is 13.7. The number of H-pyrrole nitrogens is 1. The highest BCUT2D eigenvalue weighted by molar-refractivity contribution is 5.92. The Labute approximate surface area is 125 Å². The number of rotatable bonds is 2. The third-order valence-electron chi connectivity index (χ3n) is 2.31. The van der Waals surface area contributed by atoms with Gasteiger partial charge >= 0.3 is 0 Å². The molecule has 20 heavy (non-hydrogen) atoms. The molecule has 0 saturated heterocycles. The maximum Gasteiger partial charge on any atom is 0.0464 e. The quantitative estimate of drug-likeness (QED) is 0.611. The summed E-state index contributed by atoms with van der Waals surface area (Å²) in [5.74, 6) is 0. The van der Waals surface area contributed by atoms with Crippen molar-refractivity contribution in [3.8, 4) is 0 Å². The molecule has 1 aromatic heterocycles. The topological polar surface area (TPSA) is 15.8 Å². The number of fused-ring (bicyclic) bond motifs is 1. The molecule has 2 rings (SSSR count). The van der Waals surface area contributed by atoms with Crippen LogP contribution in [0.25, 0.3) is 23.1 Å². The molecule has 1 N–H and O–H groups in total. The van der Waals surface area contributed by atoms with Gasteiger partial charge in [-0.2, -0.15) is 0 Å². The van der Waals surface area contributed by atoms with Gasteiger partial charge in [0.25, 0.3) is 0 Å². The molecule has 0 atom stereocenters. The molecule has 112 valence electrons. The Kier molecular flexibility index (Phi) is 14.0. The minimum Gasteiger partial charge on any atom is -0.355 e. The van der Waals surface area contributed by atoms with Gasteiger partial charge in [0, 0.05) is 22.2 Å². The monoisotopic (exact) mass is 273 g/mol. The lowest BCUT2D eigenvalue weighted by atomic mass is 10.1. The fourth-order valence-corrected chi connectivity index (χ4v) is 1.70. The van der Waals surface area contributed by atoms with Gasteiger partial charge < -0.3 is 4.98 Å². The zero-order valence-corrected chi connectivity index (χ0v) is 14.2. The number of aromatic amines is 1. The fraction of sp³-hybridized carbons (Fsp3) is 0.368. The third-order valence-corrected chi connectivity index (χ3v) is 2.31. The van der Waals surface area contributed by atoms with E-state index in [1.165, 1.54) is 10.9 Å². The Bertz CT molecular complexity index is 489. The Morgan fingerprint density at radius 2 is 1.50 bits per heavy atom. The third kappa shape index (κ3) is 5.48. The van der Waals surface area contributed by atoms with Crippen molar-refractivity contribution in [2.45, 2.75) is 48.5 Å². The minimum atomic E-state index is 1.13. The van der Waals surface area contributed by atoms with Crippen LogP contribution in [0.2, 0.25) is 0 Å². The lowest BCUT2D eigenvalue weighted by molar-refractivity contribution is 1.42. The van der Waals surface area contributed by atoms with Gasteiger partial charge in [-0.15, -0.1) is 0 Å². The van der Waals surface area contributed by atoms with Crippen LogP contribution >= 0.6 is 0 Å². The first-order chi connectivity index (χ1) is 9.86. The van der Waals surface area contributed by atoms with Crippen molar-refractivity contribution in [3.05, 3.63) is 48.2 Å². The van der Waals surface area contributed by atoms with Crippen LogP contribution in [-0.4, -0.2) is 4.98 Å². The van der Waals surface area contributed by atoms with Gasteiger partial charge in [0.05, 0.1) is 0 Å². The maximum atomic E-state index is 3.84. The van der Waals surface area contributed by atoms with E-state index >= 15 is 0 Å². The summed E-state index contributed by atoms with van der Waals surface area (Å²) in [6.45, 7) is 17.9. The lowest BCUT2D eigenvalue weighted by Crippen LogP contribution is -1.73. The summed E-state index contributed by atoms with van der Waals surface area (Å²) in [7, 11) is 0. The second-order valence-electron chi connectivity index (χ2n) is 3.20. The number of benzene rings is 1. The van der Waals surface area contributed by atoms with E-state index in [0.717, 1.165) is 11.2 Å². The Morgan fingerprint density at radius 1 is 0.950 bits per heavy atom. The predicted octanol–water partition coefficient (Wildman–Crippen LogP) is 6.92. The van der Waals surface area contributed by atoms with E-state index in [1.807, 2.05) is 72.8 Å². The van der Waals surface area contributed by atoms with E-state index in [2.05, 4.69) is 29.8 Å². The molecule has 0 aliphatic rings. The van der Waals surface area contributed by atoms with Crippen molar-refractivity contribution in [1.29, 1.82) is 0 Å². The summed E-state index contributed by atoms with van der Waals surface area (Å²) in [6, 6.07) is 8.26. The molecule has 2 aromatic rings. The summed E-state index contributed by atoms with van der Waals surface area (Å²) in [5, 5.41) is 1.23. The van der Waals surface area contributed by atoms with E-state index < -0.39 is 0 Å². The smallest absolute Gasteiger partial charge is 0.0464 e. The Balaban J connectivity index is 0. The van der Waals surface area contributed by atoms with Crippen molar-refractivity contribution in [3.63, 3.8) is 0 Å². The molecule has 1 heteroatoms. The number of para-hydroxylation sites is 1. The van der Waals surface area contributed by atoms with Gasteiger partial charge in [-0.25, -0.2) is 0 Å². The molecule has 0 unspecified atom stereocenters. The number of allylic oxidation sites excluding steroid dienone is 1. The van der Waals surface area contributed by atoms with E-state index in [0.29, 0.717) is 0 Å². The van der Waals surface area contributed by atoms with Crippen molar-refractivity contribution in [2.75, 3.05) is 0 Å². The van der Waals surface area contributed by atoms with Crippen LogP contribution in [0.15, 0.2) is 36.9 Å². The van der Waals surface area contributed by atoms with E-state index in [1.54, 1.807) is 0 Å². The molecule has 0 amide bonds. The highest BCUT2D eigenvalue weighted by Gasteiger charge is 2.04. The first kappa shape index (κ1) is 20.6. The Hall–Kier alpha value is -1.76. The van der Waals surface area contributed by atoms with Gasteiger partial charge in [-0.1, -0.05) is 78.5 Å². The molecule has 1 nitrogen and oxygen atoms in total. The molecule has 1 heterocycles. The van der Waals surface area contributed by atoms with E-state index in [4.69, 9.17) is 0 Å². The van der Waals surface area contributed by atoms with Gasteiger partial charge in [-0.3, -0.25) is 0 Å². The summed E-state index contributed by atoms with van der Waals surface area (Å²) >= 11 is 0. The molecule has 0 spiro atoms. The van der Waals surface area contributed by atoms with Gasteiger partial charge in [0.2, 0.25) is 0 Å². The molecule has 1 aromatic carbocycles. The van der Waals surface area contributed by atoms with Crippen molar-refractivity contribution < 1.29 is 0 Å². The highest BCUT2D eigenvalue weighted by atomic mass is 14.7. The van der Waals surface area contributed by atoms with Crippen LogP contribution < -0.4 is 0 Å². The van der Waals surface area contributed by atoms with Crippen molar-refractivity contribution in [2.24, 2.45) is 0 Å². The largest absolute Gasteiger partial charge is 0.355 e. The minimum absolute atomic E-state index is 1.13. The number of hydrogen-bond donors (Lipinski definition) is 1. The van der Waals surface area contributed by atoms with Gasteiger partial charge in [-0.05, 0) is 19.1 Å². The molecule has 0 saturated carbocycles. The zero-order valence-electron chi connectivity index (χ0n) is 14.2. The maximum absolute atomic E-state index is 3.84. The van der Waals surface area contributed by atoms with Crippen LogP contribution in [0.3, 0.4) is 0 Å². The molecule has 0 aliphatic heterocycles. The highest BCUT2D eigenvalue weighted by Crippen LogP contribution is 2.23. The first-order valence-corrected chi connectivity index (χ1v) is 7.72.